The lowest BCUT2D eigenvalue weighted by Gasteiger charge is -2.20. The Balaban J connectivity index is 1.60. The van der Waals surface area contributed by atoms with Gasteiger partial charge in [-0.15, -0.1) is 0 Å². The number of aromatic nitrogens is 2. The van der Waals surface area contributed by atoms with Gasteiger partial charge in [-0.3, -0.25) is 0 Å². The molecule has 2 fully saturated rings. The van der Waals surface area contributed by atoms with Crippen LogP contribution in [0.4, 0.5) is 0 Å². The minimum atomic E-state index is -0.0780. The van der Waals surface area contributed by atoms with Crippen LogP contribution in [-0.4, -0.2) is 42.5 Å². The van der Waals surface area contributed by atoms with E-state index in [4.69, 9.17) is 14.0 Å². The molecule has 2 aliphatic rings. The molecule has 1 aromatic rings. The second kappa shape index (κ2) is 5.12. The topological polar surface area (TPSA) is 69.4 Å². The van der Waals surface area contributed by atoms with Crippen LogP contribution in [0.25, 0.3) is 0 Å². The Kier molecular flexibility index (Phi) is 3.35. The molecule has 0 amide bonds. The van der Waals surface area contributed by atoms with E-state index >= 15 is 0 Å². The SMILES string of the molecule is C1COC(Cc2nc(C3CNCCO3)no2)C1. The number of nitrogens with zero attached hydrogens (tertiary/aromatic N) is 2. The van der Waals surface area contributed by atoms with Crippen molar-refractivity contribution in [2.45, 2.75) is 31.5 Å². The first-order valence-corrected chi connectivity index (χ1v) is 6.18. The first kappa shape index (κ1) is 11.1. The molecule has 0 bridgehead atoms. The van der Waals surface area contributed by atoms with Crippen LogP contribution < -0.4 is 5.32 Å². The minimum absolute atomic E-state index is 0.0780. The summed E-state index contributed by atoms with van der Waals surface area (Å²) in [5.74, 6) is 1.30. The summed E-state index contributed by atoms with van der Waals surface area (Å²) in [7, 11) is 0. The van der Waals surface area contributed by atoms with E-state index in [0.717, 1.165) is 32.5 Å². The van der Waals surface area contributed by atoms with Crippen LogP contribution in [0, 0.1) is 0 Å². The van der Waals surface area contributed by atoms with E-state index in [-0.39, 0.29) is 12.2 Å². The predicted molar refractivity (Wildman–Crippen MR) is 58.5 cm³/mol. The third kappa shape index (κ3) is 2.65. The summed E-state index contributed by atoms with van der Waals surface area (Å²) in [6.07, 6.45) is 3.09. The van der Waals surface area contributed by atoms with Gasteiger partial charge in [0.2, 0.25) is 11.7 Å². The molecule has 1 aromatic heterocycles. The molecule has 0 spiro atoms. The number of hydrogen-bond acceptors (Lipinski definition) is 6. The normalized spacial score (nSPS) is 29.6. The summed E-state index contributed by atoms with van der Waals surface area (Å²) in [6.45, 7) is 3.18. The van der Waals surface area contributed by atoms with Crippen LogP contribution in [0.1, 0.15) is 30.7 Å². The van der Waals surface area contributed by atoms with E-state index in [1.165, 1.54) is 0 Å². The lowest BCUT2D eigenvalue weighted by molar-refractivity contribution is 0.0208. The molecule has 2 unspecified atom stereocenters. The van der Waals surface area contributed by atoms with Gasteiger partial charge in [0.1, 0.15) is 6.10 Å². The first-order valence-electron chi connectivity index (χ1n) is 6.18. The van der Waals surface area contributed by atoms with E-state index in [1.807, 2.05) is 0 Å². The summed E-state index contributed by atoms with van der Waals surface area (Å²) >= 11 is 0. The molecule has 2 aliphatic heterocycles. The van der Waals surface area contributed by atoms with Crippen molar-refractivity contribution in [1.29, 1.82) is 0 Å². The van der Waals surface area contributed by atoms with E-state index in [0.29, 0.717) is 24.7 Å². The van der Waals surface area contributed by atoms with Crippen LogP contribution in [0.3, 0.4) is 0 Å². The van der Waals surface area contributed by atoms with Gasteiger partial charge >= 0.3 is 0 Å². The molecule has 0 saturated carbocycles. The number of hydrogen-bond donors (Lipinski definition) is 1. The summed E-state index contributed by atoms with van der Waals surface area (Å²) in [4.78, 5) is 4.37. The Bertz CT molecular complexity index is 357. The van der Waals surface area contributed by atoms with Crippen molar-refractivity contribution in [3.63, 3.8) is 0 Å². The van der Waals surface area contributed by atoms with Crippen LogP contribution in [0.2, 0.25) is 0 Å². The average molecular weight is 239 g/mol. The highest BCUT2D eigenvalue weighted by Gasteiger charge is 2.24. The molecule has 3 heterocycles. The van der Waals surface area contributed by atoms with Crippen LogP contribution >= 0.6 is 0 Å². The van der Waals surface area contributed by atoms with Crippen LogP contribution in [0.15, 0.2) is 4.52 Å². The van der Waals surface area contributed by atoms with Crippen LogP contribution in [0.5, 0.6) is 0 Å². The fourth-order valence-electron chi connectivity index (χ4n) is 2.21. The molecule has 17 heavy (non-hydrogen) atoms. The lowest BCUT2D eigenvalue weighted by atomic mass is 10.2. The highest BCUT2D eigenvalue weighted by molar-refractivity contribution is 4.95. The smallest absolute Gasteiger partial charge is 0.229 e. The van der Waals surface area contributed by atoms with Crippen molar-refractivity contribution in [2.75, 3.05) is 26.3 Å². The maximum Gasteiger partial charge on any atom is 0.229 e. The van der Waals surface area contributed by atoms with Gasteiger partial charge in [-0.25, -0.2) is 0 Å². The number of ether oxygens (including phenoxy) is 2. The van der Waals surface area contributed by atoms with Gasteiger partial charge in [0, 0.05) is 19.7 Å². The molecule has 0 aliphatic carbocycles. The first-order chi connectivity index (χ1) is 8.42. The molecular formula is C11H17N3O3. The largest absolute Gasteiger partial charge is 0.378 e. The summed E-state index contributed by atoms with van der Waals surface area (Å²) in [6, 6.07) is 0. The second-order valence-corrected chi connectivity index (χ2v) is 4.45. The zero-order chi connectivity index (χ0) is 11.5. The lowest BCUT2D eigenvalue weighted by Crippen LogP contribution is -2.33. The third-order valence-electron chi connectivity index (χ3n) is 3.13. The Hall–Kier alpha value is -0.980. The standard InChI is InChI=1S/C11H17N3O3/c1-2-8(15-4-1)6-10-13-11(14-17-10)9-7-12-3-5-16-9/h8-9,12H,1-7H2. The number of rotatable bonds is 3. The van der Waals surface area contributed by atoms with Crippen molar-refractivity contribution in [1.82, 2.24) is 15.5 Å². The van der Waals surface area contributed by atoms with E-state index in [2.05, 4.69) is 15.5 Å². The summed E-state index contributed by atoms with van der Waals surface area (Å²) in [5, 5.41) is 7.22. The Morgan fingerprint density at radius 2 is 2.29 bits per heavy atom. The Labute approximate surface area is 99.7 Å². The predicted octanol–water partition coefficient (Wildman–Crippen LogP) is 0.452. The fourth-order valence-corrected chi connectivity index (χ4v) is 2.21. The minimum Gasteiger partial charge on any atom is -0.378 e. The second-order valence-electron chi connectivity index (χ2n) is 4.45. The fraction of sp³-hybridized carbons (Fsp3) is 0.818. The summed E-state index contributed by atoms with van der Waals surface area (Å²) < 4.78 is 16.3. The van der Waals surface area contributed by atoms with Gasteiger partial charge < -0.3 is 19.3 Å². The average Bonchev–Trinajstić information content (AvgIpc) is 3.02. The zero-order valence-electron chi connectivity index (χ0n) is 9.72. The van der Waals surface area contributed by atoms with Gasteiger partial charge in [-0.1, -0.05) is 5.16 Å². The molecule has 6 nitrogen and oxygen atoms in total. The van der Waals surface area contributed by atoms with Gasteiger partial charge in [0.05, 0.1) is 19.1 Å². The van der Waals surface area contributed by atoms with Crippen molar-refractivity contribution in [3.05, 3.63) is 11.7 Å². The maximum atomic E-state index is 5.57. The molecule has 1 N–H and O–H groups in total. The van der Waals surface area contributed by atoms with Gasteiger partial charge in [-0.2, -0.15) is 4.98 Å². The molecule has 6 heteroatoms. The summed E-state index contributed by atoms with van der Waals surface area (Å²) in [5.41, 5.74) is 0. The number of nitrogens with one attached hydrogen (secondary N) is 1. The van der Waals surface area contributed by atoms with Crippen LogP contribution in [-0.2, 0) is 15.9 Å². The monoisotopic (exact) mass is 239 g/mol. The quantitative estimate of drug-likeness (QED) is 0.826. The van der Waals surface area contributed by atoms with Crippen molar-refractivity contribution in [2.24, 2.45) is 0 Å². The molecular weight excluding hydrogens is 222 g/mol. The Morgan fingerprint density at radius 3 is 3.06 bits per heavy atom. The van der Waals surface area contributed by atoms with Gasteiger partial charge in [-0.05, 0) is 12.8 Å². The zero-order valence-corrected chi connectivity index (χ0v) is 9.72. The number of morpholine rings is 1. The van der Waals surface area contributed by atoms with Gasteiger partial charge in [0.25, 0.3) is 0 Å². The highest BCUT2D eigenvalue weighted by Crippen LogP contribution is 2.19. The molecule has 3 rings (SSSR count). The molecule has 2 saturated heterocycles. The maximum absolute atomic E-state index is 5.57. The molecule has 94 valence electrons. The third-order valence-corrected chi connectivity index (χ3v) is 3.13. The van der Waals surface area contributed by atoms with Crippen molar-refractivity contribution < 1.29 is 14.0 Å². The van der Waals surface area contributed by atoms with Gasteiger partial charge in [0.15, 0.2) is 0 Å². The van der Waals surface area contributed by atoms with Crippen molar-refractivity contribution in [3.8, 4) is 0 Å². The molecule has 2 atom stereocenters. The Morgan fingerprint density at radius 1 is 1.29 bits per heavy atom. The molecule has 0 aromatic carbocycles. The highest BCUT2D eigenvalue weighted by atomic mass is 16.5. The van der Waals surface area contributed by atoms with Crippen molar-refractivity contribution >= 4 is 0 Å². The van der Waals surface area contributed by atoms with E-state index in [9.17, 15) is 0 Å². The van der Waals surface area contributed by atoms with E-state index < -0.39 is 0 Å². The van der Waals surface area contributed by atoms with E-state index in [1.54, 1.807) is 0 Å². The molecule has 0 radical (unpaired) electrons.